The van der Waals surface area contributed by atoms with Gasteiger partial charge in [0, 0.05) is 5.56 Å². The SMILES string of the molecule is C[C@@]1(c2ccc3c(c2)CCC3)NC(=O)N(Cc2nc(-c3ccc(F)cc3)no2)C1=O. The smallest absolute Gasteiger partial charge is 0.325 e. The number of nitrogens with zero attached hydrogens (tertiary/aromatic N) is 3. The van der Waals surface area contributed by atoms with Crippen molar-refractivity contribution in [2.24, 2.45) is 0 Å². The monoisotopic (exact) mass is 406 g/mol. The topological polar surface area (TPSA) is 88.3 Å². The lowest BCUT2D eigenvalue weighted by Crippen LogP contribution is -2.41. The fourth-order valence-electron chi connectivity index (χ4n) is 4.09. The van der Waals surface area contributed by atoms with Crippen molar-refractivity contribution in [1.29, 1.82) is 0 Å². The van der Waals surface area contributed by atoms with Crippen LogP contribution in [0.25, 0.3) is 11.4 Å². The molecule has 0 spiro atoms. The normalized spacial score (nSPS) is 20.5. The second-order valence-electron chi connectivity index (χ2n) is 7.80. The summed E-state index contributed by atoms with van der Waals surface area (Å²) in [5.74, 6) is -0.353. The summed E-state index contributed by atoms with van der Waals surface area (Å²) in [7, 11) is 0. The fourth-order valence-corrected chi connectivity index (χ4v) is 4.09. The molecule has 152 valence electrons. The summed E-state index contributed by atoms with van der Waals surface area (Å²) in [6.07, 6.45) is 3.14. The second-order valence-corrected chi connectivity index (χ2v) is 7.80. The van der Waals surface area contributed by atoms with Gasteiger partial charge in [-0.05, 0) is 67.1 Å². The maximum absolute atomic E-state index is 13.2. The van der Waals surface area contributed by atoms with E-state index < -0.39 is 11.6 Å². The highest BCUT2D eigenvalue weighted by molar-refractivity contribution is 6.07. The number of carbonyl (C=O) groups is 2. The highest BCUT2D eigenvalue weighted by Gasteiger charge is 2.49. The third-order valence-corrected chi connectivity index (χ3v) is 5.81. The molecule has 2 heterocycles. The lowest BCUT2D eigenvalue weighted by Gasteiger charge is -2.22. The maximum Gasteiger partial charge on any atom is 0.325 e. The summed E-state index contributed by atoms with van der Waals surface area (Å²) in [6, 6.07) is 11.1. The Morgan fingerprint density at radius 2 is 1.90 bits per heavy atom. The van der Waals surface area contributed by atoms with Gasteiger partial charge in [-0.25, -0.2) is 9.18 Å². The molecule has 1 N–H and O–H groups in total. The van der Waals surface area contributed by atoms with E-state index in [1.165, 1.54) is 35.4 Å². The van der Waals surface area contributed by atoms with Crippen LogP contribution in [0.4, 0.5) is 9.18 Å². The van der Waals surface area contributed by atoms with Gasteiger partial charge in [0.1, 0.15) is 17.9 Å². The molecule has 1 saturated heterocycles. The van der Waals surface area contributed by atoms with E-state index in [1.54, 1.807) is 6.92 Å². The molecule has 8 heteroatoms. The van der Waals surface area contributed by atoms with Gasteiger partial charge >= 0.3 is 6.03 Å². The van der Waals surface area contributed by atoms with Crippen LogP contribution in [0.1, 0.15) is 35.9 Å². The van der Waals surface area contributed by atoms with Crippen molar-refractivity contribution < 1.29 is 18.5 Å². The standard InChI is InChI=1S/C22H19FN4O3/c1-22(16-8-5-13-3-2-4-15(13)11-16)20(28)27(21(29)25-22)12-18-24-19(26-30-18)14-6-9-17(23)10-7-14/h5-11H,2-4,12H2,1H3,(H,25,29)/t22-/m0/s1. The van der Waals surface area contributed by atoms with Gasteiger partial charge in [0.05, 0.1) is 0 Å². The van der Waals surface area contributed by atoms with E-state index in [9.17, 15) is 14.0 Å². The first-order valence-electron chi connectivity index (χ1n) is 9.79. The first-order chi connectivity index (χ1) is 14.4. The molecular formula is C22H19FN4O3. The van der Waals surface area contributed by atoms with Crippen LogP contribution in [-0.4, -0.2) is 27.0 Å². The number of fused-ring (bicyclic) bond motifs is 1. The van der Waals surface area contributed by atoms with Gasteiger partial charge < -0.3 is 9.84 Å². The van der Waals surface area contributed by atoms with E-state index in [0.717, 1.165) is 29.7 Å². The molecule has 7 nitrogen and oxygen atoms in total. The van der Waals surface area contributed by atoms with Crippen molar-refractivity contribution in [3.63, 3.8) is 0 Å². The Morgan fingerprint density at radius 3 is 2.70 bits per heavy atom. The third-order valence-electron chi connectivity index (χ3n) is 5.81. The van der Waals surface area contributed by atoms with Gasteiger partial charge in [-0.2, -0.15) is 4.98 Å². The molecule has 0 saturated carbocycles. The first-order valence-corrected chi connectivity index (χ1v) is 9.79. The van der Waals surface area contributed by atoms with Gasteiger partial charge in [-0.15, -0.1) is 0 Å². The van der Waals surface area contributed by atoms with Crippen LogP contribution in [0.2, 0.25) is 0 Å². The summed E-state index contributed by atoms with van der Waals surface area (Å²) in [4.78, 5) is 31.1. The number of imide groups is 1. The average Bonchev–Trinajstić information content (AvgIpc) is 3.44. The molecule has 30 heavy (non-hydrogen) atoms. The number of hydrogen-bond donors (Lipinski definition) is 1. The quantitative estimate of drug-likeness (QED) is 0.672. The van der Waals surface area contributed by atoms with Crippen molar-refractivity contribution in [1.82, 2.24) is 20.4 Å². The van der Waals surface area contributed by atoms with Crippen molar-refractivity contribution in [3.05, 3.63) is 70.9 Å². The zero-order valence-corrected chi connectivity index (χ0v) is 16.3. The Kier molecular flexibility index (Phi) is 4.16. The number of amides is 3. The number of nitrogens with one attached hydrogen (secondary N) is 1. The molecule has 5 rings (SSSR count). The largest absolute Gasteiger partial charge is 0.337 e. The van der Waals surface area contributed by atoms with E-state index >= 15 is 0 Å². The van der Waals surface area contributed by atoms with Crippen molar-refractivity contribution >= 4 is 11.9 Å². The zero-order chi connectivity index (χ0) is 20.9. The maximum atomic E-state index is 13.2. The number of hydrogen-bond acceptors (Lipinski definition) is 5. The Labute approximate surface area is 171 Å². The van der Waals surface area contributed by atoms with E-state index in [1.807, 2.05) is 18.2 Å². The highest BCUT2D eigenvalue weighted by atomic mass is 19.1. The molecule has 1 aliphatic heterocycles. The molecule has 1 fully saturated rings. The molecule has 0 unspecified atom stereocenters. The fraction of sp³-hybridized carbons (Fsp3) is 0.273. The molecule has 3 aromatic rings. The Morgan fingerprint density at radius 1 is 1.13 bits per heavy atom. The first kappa shape index (κ1) is 18.5. The Balaban J connectivity index is 1.38. The van der Waals surface area contributed by atoms with Gasteiger partial charge in [-0.1, -0.05) is 23.4 Å². The number of aromatic nitrogens is 2. The molecule has 0 radical (unpaired) electrons. The molecule has 1 atom stereocenters. The summed E-state index contributed by atoms with van der Waals surface area (Å²) >= 11 is 0. The average molecular weight is 406 g/mol. The number of urea groups is 1. The van der Waals surface area contributed by atoms with Crippen LogP contribution >= 0.6 is 0 Å². The highest BCUT2D eigenvalue weighted by Crippen LogP contribution is 2.33. The molecule has 0 bridgehead atoms. The molecule has 1 aliphatic carbocycles. The number of carbonyl (C=O) groups excluding carboxylic acids is 2. The predicted molar refractivity (Wildman–Crippen MR) is 105 cm³/mol. The van der Waals surface area contributed by atoms with Crippen molar-refractivity contribution in [2.45, 2.75) is 38.3 Å². The van der Waals surface area contributed by atoms with Gasteiger partial charge in [0.25, 0.3) is 5.91 Å². The summed E-state index contributed by atoms with van der Waals surface area (Å²) in [6.45, 7) is 1.57. The molecule has 2 aliphatic rings. The van der Waals surface area contributed by atoms with Crippen LogP contribution in [-0.2, 0) is 29.7 Å². The number of benzene rings is 2. The minimum atomic E-state index is -1.14. The van der Waals surface area contributed by atoms with Crippen molar-refractivity contribution in [3.8, 4) is 11.4 Å². The van der Waals surface area contributed by atoms with E-state index in [0.29, 0.717) is 5.56 Å². The number of aryl methyl sites for hydroxylation is 2. The van der Waals surface area contributed by atoms with E-state index in [4.69, 9.17) is 4.52 Å². The van der Waals surface area contributed by atoms with Crippen LogP contribution < -0.4 is 5.32 Å². The zero-order valence-electron chi connectivity index (χ0n) is 16.3. The van der Waals surface area contributed by atoms with E-state index in [2.05, 4.69) is 15.5 Å². The van der Waals surface area contributed by atoms with E-state index in [-0.39, 0.29) is 30.0 Å². The molecule has 1 aromatic heterocycles. The van der Waals surface area contributed by atoms with Crippen LogP contribution in [0, 0.1) is 5.82 Å². The molecular weight excluding hydrogens is 387 g/mol. The van der Waals surface area contributed by atoms with Crippen LogP contribution in [0.3, 0.4) is 0 Å². The van der Waals surface area contributed by atoms with Crippen LogP contribution in [0.5, 0.6) is 0 Å². The summed E-state index contributed by atoms with van der Waals surface area (Å²) in [5.41, 5.74) is 2.73. The minimum Gasteiger partial charge on any atom is -0.337 e. The lowest BCUT2D eigenvalue weighted by molar-refractivity contribution is -0.131. The Bertz CT molecular complexity index is 1160. The lowest BCUT2D eigenvalue weighted by atomic mass is 9.90. The third kappa shape index (κ3) is 2.96. The molecule has 2 aromatic carbocycles. The summed E-state index contributed by atoms with van der Waals surface area (Å²) in [5, 5.41) is 6.67. The number of halogens is 1. The van der Waals surface area contributed by atoms with Gasteiger partial charge in [-0.3, -0.25) is 9.69 Å². The Hall–Kier alpha value is -3.55. The van der Waals surface area contributed by atoms with Crippen molar-refractivity contribution in [2.75, 3.05) is 0 Å². The predicted octanol–water partition coefficient (Wildman–Crippen LogP) is 3.33. The van der Waals surface area contributed by atoms with Gasteiger partial charge in [0.15, 0.2) is 0 Å². The molecule has 3 amide bonds. The van der Waals surface area contributed by atoms with Gasteiger partial charge in [0.2, 0.25) is 11.7 Å². The summed E-state index contributed by atoms with van der Waals surface area (Å²) < 4.78 is 18.3. The second kappa shape index (κ2) is 6.76. The number of rotatable bonds is 4. The van der Waals surface area contributed by atoms with Crippen LogP contribution in [0.15, 0.2) is 47.0 Å². The minimum absolute atomic E-state index is 0.121.